The van der Waals surface area contributed by atoms with Gasteiger partial charge in [0.05, 0.1) is 11.8 Å². The third-order valence-electron chi connectivity index (χ3n) is 7.59. The van der Waals surface area contributed by atoms with Crippen LogP contribution in [0.1, 0.15) is 49.4 Å². The molecule has 6 rings (SSSR count). The van der Waals surface area contributed by atoms with Crippen LogP contribution in [0.4, 0.5) is 5.69 Å². The van der Waals surface area contributed by atoms with E-state index < -0.39 is 0 Å². The normalized spacial score (nSPS) is 32.1. The quantitative estimate of drug-likeness (QED) is 0.302. The van der Waals surface area contributed by atoms with Crippen LogP contribution in [0.25, 0.3) is 0 Å². The third kappa shape index (κ3) is 3.52. The Hall–Kier alpha value is -2.76. The topological polar surface area (TPSA) is 83.6 Å². The summed E-state index contributed by atoms with van der Waals surface area (Å²) in [4.78, 5) is 51.0. The Morgan fingerprint density at radius 3 is 2.32 bits per heavy atom. The number of anilines is 1. The SMILES string of the molecule is CC(=O)c1cccc(NC(=O)CCCCCN2C(=O)[C@H]3[C@@H]4C=C[C@H]([C@H]5C[C@H]45)[C@@H]3C2=O)c1. The molecule has 1 aliphatic heterocycles. The predicted octanol–water partition coefficient (Wildman–Crippen LogP) is 3.44. The first-order valence-corrected chi connectivity index (χ1v) is 11.4. The van der Waals surface area contributed by atoms with Crippen LogP contribution in [-0.2, 0) is 14.4 Å². The molecule has 6 nitrogen and oxygen atoms in total. The van der Waals surface area contributed by atoms with E-state index in [9.17, 15) is 19.2 Å². The van der Waals surface area contributed by atoms with E-state index in [2.05, 4.69) is 17.5 Å². The number of carbonyl (C=O) groups excluding carboxylic acids is 4. The lowest BCUT2D eigenvalue weighted by Gasteiger charge is -2.37. The monoisotopic (exact) mass is 420 g/mol. The molecule has 2 bridgehead atoms. The Kier molecular flexibility index (Phi) is 5.03. The fraction of sp³-hybridized carbons (Fsp3) is 0.520. The molecule has 0 aromatic heterocycles. The van der Waals surface area contributed by atoms with Gasteiger partial charge in [-0.2, -0.15) is 0 Å². The van der Waals surface area contributed by atoms with Crippen LogP contribution in [0.15, 0.2) is 36.4 Å². The zero-order valence-corrected chi connectivity index (χ0v) is 17.8. The summed E-state index contributed by atoms with van der Waals surface area (Å²) in [5, 5.41) is 2.83. The van der Waals surface area contributed by atoms with E-state index in [-0.39, 0.29) is 47.2 Å². The van der Waals surface area contributed by atoms with Gasteiger partial charge in [0.25, 0.3) is 0 Å². The summed E-state index contributed by atoms with van der Waals surface area (Å²) in [6.45, 7) is 1.96. The number of nitrogens with zero attached hydrogens (tertiary/aromatic N) is 1. The van der Waals surface area contributed by atoms with Crippen LogP contribution in [0.5, 0.6) is 0 Å². The lowest BCUT2D eigenvalue weighted by Crippen LogP contribution is -2.40. The van der Waals surface area contributed by atoms with Crippen molar-refractivity contribution in [2.24, 2.45) is 35.5 Å². The van der Waals surface area contributed by atoms with Crippen LogP contribution in [0.2, 0.25) is 0 Å². The summed E-state index contributed by atoms with van der Waals surface area (Å²) in [5.74, 6) is 1.48. The molecule has 2 saturated carbocycles. The Labute approximate surface area is 182 Å². The number of likely N-dealkylation sites (tertiary alicyclic amines) is 1. The Bertz CT molecular complexity index is 947. The minimum atomic E-state index is -0.122. The summed E-state index contributed by atoms with van der Waals surface area (Å²) in [6, 6.07) is 6.91. The fourth-order valence-corrected chi connectivity index (χ4v) is 6.01. The number of amides is 3. The minimum absolute atomic E-state index is 0.0304. The van der Waals surface area contributed by atoms with E-state index in [0.29, 0.717) is 42.5 Å². The first-order chi connectivity index (χ1) is 15.0. The van der Waals surface area contributed by atoms with Gasteiger partial charge in [0.1, 0.15) is 0 Å². The van der Waals surface area contributed by atoms with Gasteiger partial charge >= 0.3 is 0 Å². The molecule has 6 heteroatoms. The standard InChI is InChI=1S/C25H28N2O4/c1-14(28)15-6-5-7-16(12-15)26-21(29)8-3-2-4-11-27-24(30)22-17-9-10-18(20-13-19(17)20)23(22)25(27)31/h5-7,9-10,12,17-20,22-23H,2-4,8,11,13H2,1H3,(H,26,29)/t17-,18-,19-,20-,22+,23+/m1/s1. The predicted molar refractivity (Wildman–Crippen MR) is 115 cm³/mol. The van der Waals surface area contributed by atoms with Crippen molar-refractivity contribution in [3.63, 3.8) is 0 Å². The first kappa shape index (κ1) is 20.2. The van der Waals surface area contributed by atoms with Crippen LogP contribution in [-0.4, -0.2) is 34.9 Å². The second kappa shape index (κ2) is 7.74. The highest BCUT2D eigenvalue weighted by Crippen LogP contribution is 2.65. The van der Waals surface area contributed by atoms with Crippen LogP contribution < -0.4 is 5.32 Å². The van der Waals surface area contributed by atoms with Crippen LogP contribution in [0, 0.1) is 35.5 Å². The number of ketones is 1. The molecule has 162 valence electrons. The molecule has 3 amide bonds. The van der Waals surface area contributed by atoms with E-state index in [1.54, 1.807) is 24.3 Å². The van der Waals surface area contributed by atoms with Crippen molar-refractivity contribution in [3.05, 3.63) is 42.0 Å². The number of Topliss-reactive ketones (excluding diaryl/α,β-unsaturated/α-hetero) is 1. The number of imide groups is 1. The molecule has 0 unspecified atom stereocenters. The molecular formula is C25H28N2O4. The maximum atomic E-state index is 12.9. The molecule has 1 saturated heterocycles. The minimum Gasteiger partial charge on any atom is -0.326 e. The number of benzene rings is 1. The van der Waals surface area contributed by atoms with Gasteiger partial charge in [-0.15, -0.1) is 0 Å². The highest BCUT2D eigenvalue weighted by Gasteiger charge is 2.66. The highest BCUT2D eigenvalue weighted by molar-refractivity contribution is 6.06. The third-order valence-corrected chi connectivity index (χ3v) is 7.59. The number of nitrogens with one attached hydrogen (secondary N) is 1. The molecular weight excluding hydrogens is 392 g/mol. The van der Waals surface area contributed by atoms with Crippen molar-refractivity contribution in [2.75, 3.05) is 11.9 Å². The zero-order valence-electron chi connectivity index (χ0n) is 17.8. The smallest absolute Gasteiger partial charge is 0.233 e. The van der Waals surface area contributed by atoms with Crippen molar-refractivity contribution in [3.8, 4) is 0 Å². The lowest BCUT2D eigenvalue weighted by molar-refractivity contribution is -0.140. The van der Waals surface area contributed by atoms with Crippen molar-refractivity contribution in [2.45, 2.75) is 39.0 Å². The van der Waals surface area contributed by atoms with Gasteiger partial charge in [-0.05, 0) is 62.0 Å². The lowest BCUT2D eigenvalue weighted by atomic mass is 9.63. The van der Waals surface area contributed by atoms with Crippen molar-refractivity contribution in [1.82, 2.24) is 4.90 Å². The molecule has 31 heavy (non-hydrogen) atoms. The summed E-state index contributed by atoms with van der Waals surface area (Å²) >= 11 is 0. The van der Waals surface area contributed by atoms with Crippen molar-refractivity contribution >= 4 is 29.2 Å². The van der Waals surface area contributed by atoms with Gasteiger partial charge in [0.2, 0.25) is 17.7 Å². The van der Waals surface area contributed by atoms with E-state index in [1.807, 2.05) is 0 Å². The zero-order chi connectivity index (χ0) is 21.7. The van der Waals surface area contributed by atoms with Crippen LogP contribution >= 0.6 is 0 Å². The molecule has 4 aliphatic carbocycles. The summed E-state index contributed by atoms with van der Waals surface area (Å²) in [5.41, 5.74) is 1.19. The number of carbonyl (C=O) groups is 4. The Balaban J connectivity index is 1.07. The molecule has 1 aromatic rings. The van der Waals surface area contributed by atoms with Crippen LogP contribution in [0.3, 0.4) is 0 Å². The molecule has 3 fully saturated rings. The van der Waals surface area contributed by atoms with Crippen molar-refractivity contribution in [1.29, 1.82) is 0 Å². The first-order valence-electron chi connectivity index (χ1n) is 11.4. The second-order valence-electron chi connectivity index (χ2n) is 9.48. The molecule has 6 atom stereocenters. The molecule has 1 heterocycles. The van der Waals surface area contributed by atoms with E-state index in [0.717, 1.165) is 12.8 Å². The summed E-state index contributed by atoms with van der Waals surface area (Å²) in [7, 11) is 0. The number of hydrogen-bond donors (Lipinski definition) is 1. The fourth-order valence-electron chi connectivity index (χ4n) is 6.01. The average Bonchev–Trinajstić information content (AvgIpc) is 3.53. The maximum Gasteiger partial charge on any atom is 0.233 e. The van der Waals surface area contributed by atoms with Gasteiger partial charge in [0.15, 0.2) is 5.78 Å². The van der Waals surface area contributed by atoms with E-state index >= 15 is 0 Å². The van der Waals surface area contributed by atoms with Gasteiger partial charge in [-0.3, -0.25) is 24.1 Å². The van der Waals surface area contributed by atoms with Crippen molar-refractivity contribution < 1.29 is 19.2 Å². The largest absolute Gasteiger partial charge is 0.326 e. The van der Waals surface area contributed by atoms with E-state index in [4.69, 9.17) is 0 Å². The number of rotatable bonds is 8. The number of allylic oxidation sites excluding steroid dienone is 2. The molecule has 1 aromatic carbocycles. The van der Waals surface area contributed by atoms with Gasteiger partial charge in [-0.25, -0.2) is 0 Å². The number of hydrogen-bond acceptors (Lipinski definition) is 4. The van der Waals surface area contributed by atoms with Gasteiger partial charge < -0.3 is 5.32 Å². The molecule has 0 spiro atoms. The second-order valence-corrected chi connectivity index (χ2v) is 9.48. The van der Waals surface area contributed by atoms with Gasteiger partial charge in [-0.1, -0.05) is 30.7 Å². The average molecular weight is 421 g/mol. The molecule has 1 N–H and O–H groups in total. The molecule has 5 aliphatic rings. The Morgan fingerprint density at radius 1 is 1.00 bits per heavy atom. The van der Waals surface area contributed by atoms with E-state index in [1.165, 1.54) is 18.2 Å². The number of unbranched alkanes of at least 4 members (excludes halogenated alkanes) is 2. The maximum absolute atomic E-state index is 12.9. The Morgan fingerprint density at radius 2 is 1.68 bits per heavy atom. The summed E-state index contributed by atoms with van der Waals surface area (Å²) < 4.78 is 0. The molecule has 0 radical (unpaired) electrons. The van der Waals surface area contributed by atoms with Gasteiger partial charge in [0, 0.05) is 24.2 Å². The summed E-state index contributed by atoms with van der Waals surface area (Å²) in [6.07, 6.45) is 8.13. The highest BCUT2D eigenvalue weighted by atomic mass is 16.2.